The average molecular weight is 273 g/mol. The van der Waals surface area contributed by atoms with Crippen LogP contribution in [0.4, 0.5) is 0 Å². The van der Waals surface area contributed by atoms with Gasteiger partial charge in [0.25, 0.3) is 0 Å². The van der Waals surface area contributed by atoms with E-state index in [1.807, 2.05) is 20.8 Å². The van der Waals surface area contributed by atoms with Gasteiger partial charge in [0.05, 0.1) is 10.0 Å². The Morgan fingerprint density at radius 2 is 1.76 bits per heavy atom. The third-order valence-corrected chi connectivity index (χ3v) is 3.32. The summed E-state index contributed by atoms with van der Waals surface area (Å²) in [5.41, 5.74) is 0.227. The third kappa shape index (κ3) is 2.30. The Morgan fingerprint density at radius 3 is 2.29 bits per heavy atom. The molecule has 0 aliphatic heterocycles. The van der Waals surface area contributed by atoms with Gasteiger partial charge in [-0.05, 0) is 23.6 Å². The molecule has 0 spiro atoms. The predicted octanol–water partition coefficient (Wildman–Crippen LogP) is 4.82. The number of furan rings is 1. The van der Waals surface area contributed by atoms with Crippen LogP contribution in [0.1, 0.15) is 32.6 Å². The fourth-order valence-electron chi connectivity index (χ4n) is 1.64. The van der Waals surface area contributed by atoms with E-state index in [0.29, 0.717) is 21.4 Å². The molecule has 0 saturated carbocycles. The quantitative estimate of drug-likeness (QED) is 0.808. The number of hydrogen-bond donors (Lipinski definition) is 1. The molecule has 0 bridgehead atoms. The van der Waals surface area contributed by atoms with Crippen LogP contribution in [0.2, 0.25) is 10.0 Å². The van der Waals surface area contributed by atoms with Crippen LogP contribution in [-0.2, 0) is 0 Å². The average Bonchev–Trinajstić information content (AvgIpc) is 2.67. The van der Waals surface area contributed by atoms with Gasteiger partial charge in [0.1, 0.15) is 11.9 Å². The lowest BCUT2D eigenvalue weighted by Crippen LogP contribution is -2.16. The van der Waals surface area contributed by atoms with Crippen molar-refractivity contribution in [3.63, 3.8) is 0 Å². The van der Waals surface area contributed by atoms with Crippen LogP contribution < -0.4 is 0 Å². The number of aliphatic hydroxyl groups is 1. The topological polar surface area (TPSA) is 33.4 Å². The van der Waals surface area contributed by atoms with E-state index in [-0.39, 0.29) is 5.41 Å². The highest BCUT2D eigenvalue weighted by atomic mass is 35.5. The number of hydrogen-bond acceptors (Lipinski definition) is 2. The lowest BCUT2D eigenvalue weighted by molar-refractivity contribution is 0.0448. The van der Waals surface area contributed by atoms with Gasteiger partial charge in [-0.25, -0.2) is 0 Å². The van der Waals surface area contributed by atoms with E-state index in [1.54, 1.807) is 18.2 Å². The second kappa shape index (κ2) is 4.20. The van der Waals surface area contributed by atoms with Crippen molar-refractivity contribution in [3.05, 3.63) is 34.0 Å². The van der Waals surface area contributed by atoms with Crippen molar-refractivity contribution in [1.82, 2.24) is 0 Å². The zero-order chi connectivity index (χ0) is 12.8. The fraction of sp³-hybridized carbons (Fsp3) is 0.385. The van der Waals surface area contributed by atoms with Gasteiger partial charge >= 0.3 is 0 Å². The molecule has 1 atom stereocenters. The van der Waals surface area contributed by atoms with Crippen molar-refractivity contribution < 1.29 is 9.52 Å². The lowest BCUT2D eigenvalue weighted by Gasteiger charge is -2.23. The Labute approximate surface area is 110 Å². The van der Waals surface area contributed by atoms with Gasteiger partial charge in [-0.1, -0.05) is 44.0 Å². The zero-order valence-corrected chi connectivity index (χ0v) is 11.4. The van der Waals surface area contributed by atoms with Gasteiger partial charge in [-0.2, -0.15) is 0 Å². The maximum atomic E-state index is 10.2. The summed E-state index contributed by atoms with van der Waals surface area (Å²) in [4.78, 5) is 0. The highest BCUT2D eigenvalue weighted by molar-refractivity contribution is 6.39. The van der Waals surface area contributed by atoms with Gasteiger partial charge in [0.2, 0.25) is 0 Å². The lowest BCUT2D eigenvalue weighted by atomic mass is 9.88. The summed E-state index contributed by atoms with van der Waals surface area (Å²) in [5.74, 6) is 0.488. The summed E-state index contributed by atoms with van der Waals surface area (Å²) >= 11 is 12.1. The smallest absolute Gasteiger partial charge is 0.154 e. The van der Waals surface area contributed by atoms with Crippen LogP contribution in [-0.4, -0.2) is 5.11 Å². The van der Waals surface area contributed by atoms with E-state index >= 15 is 0 Å². The summed E-state index contributed by atoms with van der Waals surface area (Å²) in [6.07, 6.45) is -0.693. The molecular weight excluding hydrogens is 259 g/mol. The molecule has 0 radical (unpaired) electrons. The molecule has 2 rings (SSSR count). The maximum absolute atomic E-state index is 10.2. The number of aliphatic hydroxyl groups excluding tert-OH is 1. The Morgan fingerprint density at radius 1 is 1.18 bits per heavy atom. The molecule has 92 valence electrons. The van der Waals surface area contributed by atoms with E-state index < -0.39 is 6.10 Å². The van der Waals surface area contributed by atoms with Crippen LogP contribution in [0.3, 0.4) is 0 Å². The number of benzene rings is 1. The maximum Gasteiger partial charge on any atom is 0.154 e. The molecule has 0 aliphatic carbocycles. The summed E-state index contributed by atoms with van der Waals surface area (Å²) in [6, 6.07) is 5.15. The van der Waals surface area contributed by atoms with Crippen molar-refractivity contribution in [3.8, 4) is 0 Å². The van der Waals surface area contributed by atoms with E-state index in [2.05, 4.69) is 0 Å². The monoisotopic (exact) mass is 272 g/mol. The summed E-state index contributed by atoms with van der Waals surface area (Å²) in [5, 5.41) is 12.0. The minimum absolute atomic E-state index is 0.299. The van der Waals surface area contributed by atoms with Crippen molar-refractivity contribution in [2.24, 2.45) is 5.41 Å². The molecule has 2 aromatic rings. The standard InChI is InChI=1S/C13H14Cl2O2/c1-13(2,3)12(16)10-6-7-8(14)4-5-9(15)11(7)17-10/h4-6,12,16H,1-3H3. The van der Waals surface area contributed by atoms with Gasteiger partial charge in [-0.3, -0.25) is 0 Å². The van der Waals surface area contributed by atoms with Crippen molar-refractivity contribution in [2.75, 3.05) is 0 Å². The second-order valence-electron chi connectivity index (χ2n) is 5.19. The molecule has 4 heteroatoms. The van der Waals surface area contributed by atoms with Crippen molar-refractivity contribution >= 4 is 34.2 Å². The van der Waals surface area contributed by atoms with Crippen LogP contribution in [0.25, 0.3) is 11.0 Å². The first-order chi connectivity index (χ1) is 7.80. The number of rotatable bonds is 1. The minimum atomic E-state index is -0.693. The third-order valence-electron chi connectivity index (χ3n) is 2.69. The van der Waals surface area contributed by atoms with E-state index in [9.17, 15) is 5.11 Å². The van der Waals surface area contributed by atoms with Crippen LogP contribution in [0.5, 0.6) is 0 Å². The van der Waals surface area contributed by atoms with E-state index in [1.165, 1.54) is 0 Å². The Bertz CT molecular complexity index is 513. The molecule has 2 nitrogen and oxygen atoms in total. The molecule has 1 N–H and O–H groups in total. The Kier molecular flexibility index (Phi) is 3.15. The van der Waals surface area contributed by atoms with Gasteiger partial charge < -0.3 is 9.52 Å². The molecule has 0 saturated heterocycles. The molecule has 17 heavy (non-hydrogen) atoms. The summed E-state index contributed by atoms with van der Waals surface area (Å²) < 4.78 is 5.60. The van der Waals surface area contributed by atoms with Crippen LogP contribution >= 0.6 is 23.2 Å². The highest BCUT2D eigenvalue weighted by Gasteiger charge is 2.27. The first kappa shape index (κ1) is 12.7. The van der Waals surface area contributed by atoms with Gasteiger partial charge in [0.15, 0.2) is 5.58 Å². The van der Waals surface area contributed by atoms with E-state index in [0.717, 1.165) is 5.39 Å². The fourth-order valence-corrected chi connectivity index (χ4v) is 2.04. The summed E-state index contributed by atoms with van der Waals surface area (Å²) in [6.45, 7) is 5.82. The Balaban J connectivity index is 2.59. The van der Waals surface area contributed by atoms with Crippen molar-refractivity contribution in [2.45, 2.75) is 26.9 Å². The van der Waals surface area contributed by atoms with Gasteiger partial charge in [-0.15, -0.1) is 0 Å². The number of fused-ring (bicyclic) bond motifs is 1. The second-order valence-corrected chi connectivity index (χ2v) is 6.00. The first-order valence-electron chi connectivity index (χ1n) is 5.36. The van der Waals surface area contributed by atoms with Crippen LogP contribution in [0, 0.1) is 5.41 Å². The molecule has 1 heterocycles. The molecular formula is C13H14Cl2O2. The molecule has 1 aromatic carbocycles. The first-order valence-corrected chi connectivity index (χ1v) is 6.12. The van der Waals surface area contributed by atoms with Gasteiger partial charge in [0, 0.05) is 5.39 Å². The molecule has 0 fully saturated rings. The predicted molar refractivity (Wildman–Crippen MR) is 70.6 cm³/mol. The molecule has 1 unspecified atom stereocenters. The van der Waals surface area contributed by atoms with E-state index in [4.69, 9.17) is 27.6 Å². The Hall–Kier alpha value is -0.700. The number of halogens is 2. The SMILES string of the molecule is CC(C)(C)C(O)c1cc2c(Cl)ccc(Cl)c2o1. The normalized spacial score (nSPS) is 14.2. The highest BCUT2D eigenvalue weighted by Crippen LogP contribution is 2.39. The largest absolute Gasteiger partial charge is 0.457 e. The molecule has 0 amide bonds. The molecule has 1 aromatic heterocycles. The minimum Gasteiger partial charge on any atom is -0.457 e. The zero-order valence-electron chi connectivity index (χ0n) is 9.92. The van der Waals surface area contributed by atoms with Crippen molar-refractivity contribution in [1.29, 1.82) is 0 Å². The summed E-state index contributed by atoms with van der Waals surface area (Å²) in [7, 11) is 0. The van der Waals surface area contributed by atoms with Crippen LogP contribution in [0.15, 0.2) is 22.6 Å². The molecule has 0 aliphatic rings.